The van der Waals surface area contributed by atoms with Gasteiger partial charge in [-0.1, -0.05) is 13.8 Å². The van der Waals surface area contributed by atoms with Crippen molar-refractivity contribution < 1.29 is 19.5 Å². The van der Waals surface area contributed by atoms with Crippen LogP contribution in [0.2, 0.25) is 0 Å². The maximum atomic E-state index is 11.6. The Labute approximate surface area is 97.9 Å². The number of carbonyl (C=O) groups excluding carboxylic acids is 2. The van der Waals surface area contributed by atoms with Gasteiger partial charge in [-0.25, -0.2) is 0 Å². The second kappa shape index (κ2) is 5.20. The van der Waals surface area contributed by atoms with E-state index in [4.69, 9.17) is 5.11 Å². The third-order valence-corrected chi connectivity index (χ3v) is 2.07. The molecule has 0 aromatic carbocycles. The first-order valence-electron chi connectivity index (χ1n) is 5.13. The van der Waals surface area contributed by atoms with Crippen LogP contribution in [-0.4, -0.2) is 39.3 Å². The van der Waals surface area contributed by atoms with Crippen molar-refractivity contribution in [2.45, 2.75) is 13.8 Å². The number of carboxylic acid groups (broad SMARTS) is 1. The van der Waals surface area contributed by atoms with E-state index in [-0.39, 0.29) is 11.1 Å². The Balaban J connectivity index is 0.000000686. The molecule has 0 spiro atoms. The average molecular weight is 236 g/mol. The number of carbonyl (C=O) groups is 3. The second-order valence-electron chi connectivity index (χ2n) is 3.01. The van der Waals surface area contributed by atoms with Gasteiger partial charge >= 0.3 is 5.97 Å². The highest BCUT2D eigenvalue weighted by molar-refractivity contribution is 6.22. The van der Waals surface area contributed by atoms with Gasteiger partial charge in [0.25, 0.3) is 11.8 Å². The Hall–Kier alpha value is -2.24. The number of carboxylic acids is 1. The maximum Gasteiger partial charge on any atom is 0.323 e. The fourth-order valence-electron chi connectivity index (χ4n) is 1.41. The summed E-state index contributed by atoms with van der Waals surface area (Å²) >= 11 is 0. The topological polar surface area (TPSA) is 87.6 Å². The summed E-state index contributed by atoms with van der Waals surface area (Å²) in [5.41, 5.74) is 0.361. The minimum absolute atomic E-state index is 0.156. The molecule has 6 heteroatoms. The summed E-state index contributed by atoms with van der Waals surface area (Å²) in [5, 5.41) is 8.53. The van der Waals surface area contributed by atoms with Crippen molar-refractivity contribution in [2.24, 2.45) is 0 Å². The Morgan fingerprint density at radius 1 is 1.29 bits per heavy atom. The lowest BCUT2D eigenvalue weighted by molar-refractivity contribution is -0.137. The van der Waals surface area contributed by atoms with Gasteiger partial charge in [-0.05, 0) is 6.07 Å². The normalized spacial score (nSPS) is 12.9. The lowest BCUT2D eigenvalue weighted by Gasteiger charge is -2.09. The number of fused-ring (bicyclic) bond motifs is 1. The minimum Gasteiger partial charge on any atom is -0.480 e. The first-order valence-corrected chi connectivity index (χ1v) is 5.13. The quantitative estimate of drug-likeness (QED) is 0.767. The van der Waals surface area contributed by atoms with Gasteiger partial charge in [-0.2, -0.15) is 0 Å². The maximum absolute atomic E-state index is 11.6. The molecule has 0 saturated heterocycles. The van der Waals surface area contributed by atoms with Gasteiger partial charge < -0.3 is 5.11 Å². The van der Waals surface area contributed by atoms with Crippen molar-refractivity contribution in [1.82, 2.24) is 9.88 Å². The van der Waals surface area contributed by atoms with Crippen LogP contribution in [0.5, 0.6) is 0 Å². The van der Waals surface area contributed by atoms with Gasteiger partial charge in [-0.3, -0.25) is 24.3 Å². The highest BCUT2D eigenvalue weighted by Crippen LogP contribution is 2.20. The molecule has 0 radical (unpaired) electrons. The SMILES string of the molecule is CC.O=C(O)CN1C(=O)c2ccncc2C1=O. The third kappa shape index (κ3) is 2.30. The van der Waals surface area contributed by atoms with Crippen LogP contribution in [0.1, 0.15) is 34.6 Å². The molecule has 0 atom stereocenters. The van der Waals surface area contributed by atoms with Gasteiger partial charge in [0, 0.05) is 12.4 Å². The number of hydrogen-bond acceptors (Lipinski definition) is 4. The van der Waals surface area contributed by atoms with Crippen LogP contribution in [0.3, 0.4) is 0 Å². The molecule has 2 heterocycles. The molecular formula is C11H12N2O4. The van der Waals surface area contributed by atoms with E-state index in [2.05, 4.69) is 4.98 Å². The van der Waals surface area contributed by atoms with E-state index < -0.39 is 24.3 Å². The van der Waals surface area contributed by atoms with Crippen LogP contribution in [0.25, 0.3) is 0 Å². The molecular weight excluding hydrogens is 224 g/mol. The van der Waals surface area contributed by atoms with Crippen molar-refractivity contribution in [3.8, 4) is 0 Å². The minimum atomic E-state index is -1.22. The summed E-state index contributed by atoms with van der Waals surface area (Å²) in [6.07, 6.45) is 2.64. The number of nitrogens with zero attached hydrogens (tertiary/aromatic N) is 2. The molecule has 17 heavy (non-hydrogen) atoms. The molecule has 0 saturated carbocycles. The molecule has 2 rings (SSSR count). The van der Waals surface area contributed by atoms with Crippen LogP contribution in [0.4, 0.5) is 0 Å². The lowest BCUT2D eigenvalue weighted by Crippen LogP contribution is -2.34. The van der Waals surface area contributed by atoms with E-state index in [1.807, 2.05) is 13.8 Å². The van der Waals surface area contributed by atoms with E-state index >= 15 is 0 Å². The lowest BCUT2D eigenvalue weighted by atomic mass is 10.2. The smallest absolute Gasteiger partial charge is 0.323 e. The number of imide groups is 1. The summed E-state index contributed by atoms with van der Waals surface area (Å²) in [5.74, 6) is -2.41. The number of hydrogen-bond donors (Lipinski definition) is 1. The molecule has 0 fully saturated rings. The van der Waals surface area contributed by atoms with Crippen LogP contribution < -0.4 is 0 Å². The van der Waals surface area contributed by atoms with E-state index in [1.165, 1.54) is 18.5 Å². The van der Waals surface area contributed by atoms with Crippen LogP contribution in [-0.2, 0) is 4.79 Å². The van der Waals surface area contributed by atoms with E-state index in [0.29, 0.717) is 4.90 Å². The van der Waals surface area contributed by atoms with Crippen LogP contribution in [0.15, 0.2) is 18.5 Å². The number of pyridine rings is 1. The molecule has 0 unspecified atom stereocenters. The highest BCUT2D eigenvalue weighted by atomic mass is 16.4. The number of amides is 2. The van der Waals surface area contributed by atoms with Crippen molar-refractivity contribution in [3.63, 3.8) is 0 Å². The third-order valence-electron chi connectivity index (χ3n) is 2.07. The summed E-state index contributed by atoms with van der Waals surface area (Å²) in [6, 6.07) is 1.40. The zero-order chi connectivity index (χ0) is 13.0. The Kier molecular flexibility index (Phi) is 3.92. The summed E-state index contributed by atoms with van der Waals surface area (Å²) < 4.78 is 0. The standard InChI is InChI=1S/C9H6N2O4.C2H6/c12-7(13)4-11-8(14)5-1-2-10-3-6(5)9(11)15;1-2/h1-3H,4H2,(H,12,13);1-2H3. The Bertz CT molecular complexity index is 435. The number of rotatable bonds is 2. The van der Waals surface area contributed by atoms with Gasteiger partial charge in [0.2, 0.25) is 0 Å². The molecule has 1 aromatic rings. The molecule has 1 aliphatic rings. The van der Waals surface area contributed by atoms with E-state index in [9.17, 15) is 14.4 Å². The molecule has 6 nitrogen and oxygen atoms in total. The molecule has 2 amide bonds. The summed E-state index contributed by atoms with van der Waals surface area (Å²) in [7, 11) is 0. The van der Waals surface area contributed by atoms with Gasteiger partial charge in [0.1, 0.15) is 6.54 Å². The van der Waals surface area contributed by atoms with Crippen molar-refractivity contribution in [3.05, 3.63) is 29.6 Å². The van der Waals surface area contributed by atoms with Crippen LogP contribution >= 0.6 is 0 Å². The van der Waals surface area contributed by atoms with Gasteiger partial charge in [-0.15, -0.1) is 0 Å². The summed E-state index contributed by atoms with van der Waals surface area (Å²) in [4.78, 5) is 37.9. The Morgan fingerprint density at radius 3 is 2.41 bits per heavy atom. The number of aliphatic carboxylic acids is 1. The second-order valence-corrected chi connectivity index (χ2v) is 3.01. The van der Waals surface area contributed by atoms with Crippen molar-refractivity contribution in [1.29, 1.82) is 0 Å². The molecule has 1 aromatic heterocycles. The zero-order valence-corrected chi connectivity index (χ0v) is 9.51. The van der Waals surface area contributed by atoms with Crippen LogP contribution in [0, 0.1) is 0 Å². The molecule has 1 aliphatic heterocycles. The van der Waals surface area contributed by atoms with Crippen molar-refractivity contribution >= 4 is 17.8 Å². The fraction of sp³-hybridized carbons (Fsp3) is 0.273. The molecule has 90 valence electrons. The molecule has 1 N–H and O–H groups in total. The predicted molar refractivity (Wildman–Crippen MR) is 58.6 cm³/mol. The zero-order valence-electron chi connectivity index (χ0n) is 9.51. The van der Waals surface area contributed by atoms with Crippen molar-refractivity contribution in [2.75, 3.05) is 6.54 Å². The first kappa shape index (κ1) is 12.8. The largest absolute Gasteiger partial charge is 0.480 e. The van der Waals surface area contributed by atoms with E-state index in [0.717, 1.165) is 0 Å². The van der Waals surface area contributed by atoms with Gasteiger partial charge in [0.15, 0.2) is 0 Å². The predicted octanol–water partition coefficient (Wildman–Crippen LogP) is 0.788. The monoisotopic (exact) mass is 236 g/mol. The molecule has 0 aliphatic carbocycles. The Morgan fingerprint density at radius 2 is 1.88 bits per heavy atom. The summed E-state index contributed by atoms with van der Waals surface area (Å²) in [6.45, 7) is 3.38. The number of aromatic nitrogens is 1. The van der Waals surface area contributed by atoms with Gasteiger partial charge in [0.05, 0.1) is 11.1 Å². The highest BCUT2D eigenvalue weighted by Gasteiger charge is 2.36. The fourth-order valence-corrected chi connectivity index (χ4v) is 1.41. The first-order chi connectivity index (χ1) is 8.11. The average Bonchev–Trinajstić information content (AvgIpc) is 2.57. The van der Waals surface area contributed by atoms with E-state index in [1.54, 1.807) is 0 Å². The molecule has 0 bridgehead atoms.